The lowest BCUT2D eigenvalue weighted by Crippen LogP contribution is -2.44. The molecule has 0 aromatic heterocycles. The zero-order valence-corrected chi connectivity index (χ0v) is 21.0. The standard InChI is InChI=1S/C20H42O4Si2/c1-19(2,3)25(8,9)23-16-12-13-17(14-15-18(21)22-7)24-26(10,11)20(4,5)6/h14-15,17H,12-13,16H2,1-11H3/b15-14-. The molecule has 0 rings (SSSR count). The Morgan fingerprint density at radius 1 is 0.962 bits per heavy atom. The summed E-state index contributed by atoms with van der Waals surface area (Å²) in [4.78, 5) is 11.5. The van der Waals surface area contributed by atoms with Crippen LogP contribution in [0.15, 0.2) is 12.2 Å². The van der Waals surface area contributed by atoms with Crippen molar-refractivity contribution >= 4 is 22.6 Å². The molecule has 154 valence electrons. The van der Waals surface area contributed by atoms with Gasteiger partial charge < -0.3 is 13.6 Å². The first-order valence-electron chi connectivity index (χ1n) is 9.61. The van der Waals surface area contributed by atoms with E-state index in [0.717, 1.165) is 19.4 Å². The third-order valence-electron chi connectivity index (χ3n) is 5.80. The number of hydrogen-bond donors (Lipinski definition) is 0. The fraction of sp³-hybridized carbons (Fsp3) is 0.850. The Bertz CT molecular complexity index is 471. The minimum Gasteiger partial charge on any atom is -0.466 e. The molecule has 0 saturated carbocycles. The van der Waals surface area contributed by atoms with Gasteiger partial charge in [0.2, 0.25) is 0 Å². The predicted octanol–water partition coefficient (Wildman–Crippen LogP) is 5.91. The van der Waals surface area contributed by atoms with Crippen molar-refractivity contribution in [3.05, 3.63) is 12.2 Å². The molecule has 0 N–H and O–H groups in total. The average Bonchev–Trinajstić information content (AvgIpc) is 2.45. The van der Waals surface area contributed by atoms with E-state index in [9.17, 15) is 4.79 Å². The normalized spacial score (nSPS) is 15.3. The van der Waals surface area contributed by atoms with Crippen LogP contribution < -0.4 is 0 Å². The molecule has 0 aromatic carbocycles. The third-order valence-corrected chi connectivity index (χ3v) is 14.8. The fourth-order valence-electron chi connectivity index (χ4n) is 1.83. The summed E-state index contributed by atoms with van der Waals surface area (Å²) in [6.07, 6.45) is 5.00. The van der Waals surface area contributed by atoms with Crippen LogP contribution in [-0.2, 0) is 18.4 Å². The van der Waals surface area contributed by atoms with Crippen molar-refractivity contribution in [1.82, 2.24) is 0 Å². The van der Waals surface area contributed by atoms with Gasteiger partial charge in [0.1, 0.15) is 0 Å². The summed E-state index contributed by atoms with van der Waals surface area (Å²) in [5, 5.41) is 0.344. The van der Waals surface area contributed by atoms with E-state index in [0.29, 0.717) is 0 Å². The Morgan fingerprint density at radius 2 is 1.46 bits per heavy atom. The van der Waals surface area contributed by atoms with Crippen LogP contribution in [0.25, 0.3) is 0 Å². The van der Waals surface area contributed by atoms with Gasteiger partial charge in [0.05, 0.1) is 13.2 Å². The minimum absolute atomic E-state index is 0.0852. The maximum absolute atomic E-state index is 11.5. The molecule has 0 bridgehead atoms. The second kappa shape index (κ2) is 9.67. The highest BCUT2D eigenvalue weighted by molar-refractivity contribution is 6.74. The SMILES string of the molecule is COC(=O)/C=C\C(CCCO[Si](C)(C)C(C)(C)C)O[Si](C)(C)C(C)(C)C. The van der Waals surface area contributed by atoms with Gasteiger partial charge in [-0.05, 0) is 55.2 Å². The molecule has 0 aliphatic carbocycles. The number of ether oxygens (including phenoxy) is 1. The molecule has 0 heterocycles. The topological polar surface area (TPSA) is 44.8 Å². The Labute approximate surface area is 163 Å². The second-order valence-electron chi connectivity index (χ2n) is 10.0. The highest BCUT2D eigenvalue weighted by Gasteiger charge is 2.39. The zero-order valence-electron chi connectivity index (χ0n) is 19.0. The van der Waals surface area contributed by atoms with E-state index in [2.05, 4.69) is 67.7 Å². The van der Waals surface area contributed by atoms with E-state index in [4.69, 9.17) is 13.6 Å². The summed E-state index contributed by atoms with van der Waals surface area (Å²) < 4.78 is 17.5. The highest BCUT2D eigenvalue weighted by Crippen LogP contribution is 2.38. The first kappa shape index (κ1) is 25.6. The van der Waals surface area contributed by atoms with E-state index in [1.54, 1.807) is 0 Å². The molecule has 0 saturated heterocycles. The van der Waals surface area contributed by atoms with E-state index >= 15 is 0 Å². The van der Waals surface area contributed by atoms with Crippen LogP contribution in [-0.4, -0.2) is 42.4 Å². The first-order chi connectivity index (χ1) is 11.5. The molecule has 1 unspecified atom stereocenters. The lowest BCUT2D eigenvalue weighted by atomic mass is 10.2. The van der Waals surface area contributed by atoms with Crippen LogP contribution >= 0.6 is 0 Å². The summed E-state index contributed by atoms with van der Waals surface area (Å²) in [6, 6.07) is 0. The largest absolute Gasteiger partial charge is 0.466 e. The van der Waals surface area contributed by atoms with Crippen molar-refractivity contribution in [3.63, 3.8) is 0 Å². The van der Waals surface area contributed by atoms with Crippen LogP contribution in [0.4, 0.5) is 0 Å². The van der Waals surface area contributed by atoms with E-state index in [1.807, 2.05) is 6.08 Å². The number of esters is 1. The molecule has 0 radical (unpaired) electrons. The Kier molecular flexibility index (Phi) is 9.50. The molecule has 0 spiro atoms. The van der Waals surface area contributed by atoms with Crippen LogP contribution in [0, 0.1) is 0 Å². The highest BCUT2D eigenvalue weighted by atomic mass is 28.4. The maximum Gasteiger partial charge on any atom is 0.330 e. The fourth-order valence-corrected chi connectivity index (χ4v) is 4.23. The summed E-state index contributed by atoms with van der Waals surface area (Å²) in [7, 11) is -2.24. The van der Waals surface area contributed by atoms with Gasteiger partial charge in [-0.1, -0.05) is 41.5 Å². The average molecular weight is 403 g/mol. The van der Waals surface area contributed by atoms with Gasteiger partial charge in [-0.3, -0.25) is 0 Å². The zero-order chi connectivity index (χ0) is 20.8. The van der Waals surface area contributed by atoms with Gasteiger partial charge in [0.15, 0.2) is 16.6 Å². The van der Waals surface area contributed by atoms with Crippen LogP contribution in [0.1, 0.15) is 54.4 Å². The molecular weight excluding hydrogens is 360 g/mol. The van der Waals surface area contributed by atoms with E-state index in [-0.39, 0.29) is 22.1 Å². The van der Waals surface area contributed by atoms with E-state index < -0.39 is 16.6 Å². The number of rotatable bonds is 9. The van der Waals surface area contributed by atoms with Gasteiger partial charge in [-0.25, -0.2) is 4.79 Å². The van der Waals surface area contributed by atoms with Gasteiger partial charge in [-0.2, -0.15) is 0 Å². The maximum atomic E-state index is 11.5. The quantitative estimate of drug-likeness (QED) is 0.208. The van der Waals surface area contributed by atoms with Crippen molar-refractivity contribution in [1.29, 1.82) is 0 Å². The molecule has 1 atom stereocenters. The summed E-state index contributed by atoms with van der Waals surface area (Å²) in [5.74, 6) is -0.341. The number of methoxy groups -OCH3 is 1. The second-order valence-corrected chi connectivity index (χ2v) is 19.6. The molecule has 0 aromatic rings. The molecule has 0 aliphatic heterocycles. The molecular formula is C20H42O4Si2. The van der Waals surface area contributed by atoms with Crippen LogP contribution in [0.3, 0.4) is 0 Å². The van der Waals surface area contributed by atoms with Crippen molar-refractivity contribution in [2.75, 3.05) is 13.7 Å². The molecule has 0 aliphatic rings. The summed E-state index contributed by atoms with van der Waals surface area (Å²) in [5.41, 5.74) is 0. The van der Waals surface area contributed by atoms with Crippen molar-refractivity contribution in [2.45, 2.75) is 96.8 Å². The molecule has 6 heteroatoms. The summed E-state index contributed by atoms with van der Waals surface area (Å²) in [6.45, 7) is 23.2. The first-order valence-corrected chi connectivity index (χ1v) is 15.4. The van der Waals surface area contributed by atoms with Gasteiger partial charge >= 0.3 is 5.97 Å². The van der Waals surface area contributed by atoms with E-state index in [1.165, 1.54) is 13.2 Å². The van der Waals surface area contributed by atoms with Crippen LogP contribution in [0.2, 0.25) is 36.3 Å². The molecule has 4 nitrogen and oxygen atoms in total. The monoisotopic (exact) mass is 402 g/mol. The number of carbonyl (C=O) groups is 1. The summed E-state index contributed by atoms with van der Waals surface area (Å²) >= 11 is 0. The van der Waals surface area contributed by atoms with Crippen molar-refractivity contribution < 1.29 is 18.4 Å². The molecule has 0 amide bonds. The van der Waals surface area contributed by atoms with Crippen molar-refractivity contribution in [2.24, 2.45) is 0 Å². The Balaban J connectivity index is 4.89. The lowest BCUT2D eigenvalue weighted by molar-refractivity contribution is -0.134. The Morgan fingerprint density at radius 3 is 1.88 bits per heavy atom. The smallest absolute Gasteiger partial charge is 0.330 e. The minimum atomic E-state index is -1.91. The molecule has 26 heavy (non-hydrogen) atoms. The number of carbonyl (C=O) groups excluding carboxylic acids is 1. The third kappa shape index (κ3) is 8.50. The Hall–Kier alpha value is -0.436. The van der Waals surface area contributed by atoms with Gasteiger partial charge in [-0.15, -0.1) is 0 Å². The van der Waals surface area contributed by atoms with Gasteiger partial charge in [0, 0.05) is 12.7 Å². The van der Waals surface area contributed by atoms with Gasteiger partial charge in [0.25, 0.3) is 0 Å². The van der Waals surface area contributed by atoms with Crippen molar-refractivity contribution in [3.8, 4) is 0 Å². The predicted molar refractivity (Wildman–Crippen MR) is 116 cm³/mol. The molecule has 0 fully saturated rings. The lowest BCUT2D eigenvalue weighted by Gasteiger charge is -2.39. The van der Waals surface area contributed by atoms with Crippen LogP contribution in [0.5, 0.6) is 0 Å². The number of hydrogen-bond acceptors (Lipinski definition) is 4.